The second kappa shape index (κ2) is 8.32. The molecule has 104 valence electrons. The van der Waals surface area contributed by atoms with Crippen molar-refractivity contribution in [2.24, 2.45) is 0 Å². The molecule has 0 aliphatic carbocycles. The van der Waals surface area contributed by atoms with E-state index >= 15 is 0 Å². The maximum Gasteiger partial charge on any atom is 0.326 e. The predicted molar refractivity (Wildman–Crippen MR) is 64.4 cm³/mol. The van der Waals surface area contributed by atoms with Crippen LogP contribution in [-0.2, 0) is 9.59 Å². The second-order valence-corrected chi connectivity index (χ2v) is 3.87. The number of carboxylic acid groups (broad SMARTS) is 2. The van der Waals surface area contributed by atoms with Crippen LogP contribution in [-0.4, -0.2) is 52.2 Å². The van der Waals surface area contributed by atoms with E-state index in [0.29, 0.717) is 13.1 Å². The zero-order valence-corrected chi connectivity index (χ0v) is 10.7. The lowest BCUT2D eigenvalue weighted by atomic mass is 10.2. The number of unbranched alkanes of at least 4 members (excludes halogenated alkanes) is 1. The van der Waals surface area contributed by atoms with Gasteiger partial charge in [0.15, 0.2) is 0 Å². The van der Waals surface area contributed by atoms with E-state index in [4.69, 9.17) is 10.2 Å². The van der Waals surface area contributed by atoms with Crippen LogP contribution in [0.3, 0.4) is 0 Å². The first kappa shape index (κ1) is 16.2. The molecule has 0 fully saturated rings. The third kappa shape index (κ3) is 6.07. The van der Waals surface area contributed by atoms with Gasteiger partial charge in [-0.05, 0) is 13.3 Å². The number of carbonyl (C=O) groups is 3. The molecule has 0 aliphatic heterocycles. The lowest BCUT2D eigenvalue weighted by Crippen LogP contribution is -2.48. The van der Waals surface area contributed by atoms with Crippen molar-refractivity contribution in [3.8, 4) is 0 Å². The standard InChI is InChI=1S/C11H20N2O5/c1-3-5-6-13(4-2)11(18)12-8(10(16)17)7-9(14)15/h8H,3-7H2,1-2H3,(H,12,18)(H,14,15)(H,16,17)/t8-/m1/s1. The highest BCUT2D eigenvalue weighted by Crippen LogP contribution is 1.99. The summed E-state index contributed by atoms with van der Waals surface area (Å²) in [6.45, 7) is 4.74. The van der Waals surface area contributed by atoms with Crippen molar-refractivity contribution in [2.75, 3.05) is 13.1 Å². The molecule has 3 N–H and O–H groups in total. The molecule has 7 nitrogen and oxygen atoms in total. The molecule has 0 rings (SSSR count). The first-order valence-electron chi connectivity index (χ1n) is 5.92. The molecule has 2 amide bonds. The quantitative estimate of drug-likeness (QED) is 0.597. The average Bonchev–Trinajstić information content (AvgIpc) is 2.28. The van der Waals surface area contributed by atoms with E-state index in [-0.39, 0.29) is 0 Å². The van der Waals surface area contributed by atoms with Gasteiger partial charge in [0.05, 0.1) is 6.42 Å². The Morgan fingerprint density at radius 3 is 2.22 bits per heavy atom. The van der Waals surface area contributed by atoms with Gasteiger partial charge in [0.2, 0.25) is 0 Å². The van der Waals surface area contributed by atoms with Crippen LogP contribution in [0.4, 0.5) is 4.79 Å². The molecule has 0 unspecified atom stereocenters. The molecular formula is C11H20N2O5. The summed E-state index contributed by atoms with van der Waals surface area (Å²) in [7, 11) is 0. The molecule has 0 saturated carbocycles. The summed E-state index contributed by atoms with van der Waals surface area (Å²) in [4.78, 5) is 34.5. The Hall–Kier alpha value is -1.79. The summed E-state index contributed by atoms with van der Waals surface area (Å²) < 4.78 is 0. The van der Waals surface area contributed by atoms with E-state index in [1.165, 1.54) is 4.90 Å². The third-order valence-electron chi connectivity index (χ3n) is 2.43. The van der Waals surface area contributed by atoms with Crippen LogP contribution in [0.15, 0.2) is 0 Å². The molecule has 0 spiro atoms. The molecule has 0 aromatic heterocycles. The summed E-state index contributed by atoms with van der Waals surface area (Å²) in [6, 6.07) is -1.94. The van der Waals surface area contributed by atoms with E-state index in [9.17, 15) is 14.4 Å². The van der Waals surface area contributed by atoms with Gasteiger partial charge in [-0.3, -0.25) is 4.79 Å². The molecule has 0 saturated heterocycles. The first-order chi connectivity index (χ1) is 8.42. The van der Waals surface area contributed by atoms with Crippen LogP contribution in [0, 0.1) is 0 Å². The Bertz CT molecular complexity index is 306. The molecule has 7 heteroatoms. The van der Waals surface area contributed by atoms with E-state index in [1.54, 1.807) is 6.92 Å². The molecule has 0 aliphatic rings. The molecular weight excluding hydrogens is 240 g/mol. The Morgan fingerprint density at radius 1 is 1.22 bits per heavy atom. The molecule has 18 heavy (non-hydrogen) atoms. The highest BCUT2D eigenvalue weighted by Gasteiger charge is 2.24. The van der Waals surface area contributed by atoms with Crippen molar-refractivity contribution >= 4 is 18.0 Å². The monoisotopic (exact) mass is 260 g/mol. The largest absolute Gasteiger partial charge is 0.481 e. The molecule has 0 aromatic carbocycles. The number of rotatable bonds is 8. The number of carbonyl (C=O) groups excluding carboxylic acids is 1. The minimum Gasteiger partial charge on any atom is -0.481 e. The van der Waals surface area contributed by atoms with Crippen LogP contribution in [0.2, 0.25) is 0 Å². The van der Waals surface area contributed by atoms with Crippen molar-refractivity contribution < 1.29 is 24.6 Å². The van der Waals surface area contributed by atoms with E-state index < -0.39 is 30.4 Å². The predicted octanol–water partition coefficient (Wildman–Crippen LogP) is 0.746. The lowest BCUT2D eigenvalue weighted by molar-refractivity contribution is -0.145. The lowest BCUT2D eigenvalue weighted by Gasteiger charge is -2.23. The van der Waals surface area contributed by atoms with Gasteiger partial charge in [-0.2, -0.15) is 0 Å². The number of hydrogen-bond donors (Lipinski definition) is 3. The fourth-order valence-electron chi connectivity index (χ4n) is 1.37. The third-order valence-corrected chi connectivity index (χ3v) is 2.43. The highest BCUT2D eigenvalue weighted by molar-refractivity contribution is 5.86. The molecule has 0 bridgehead atoms. The minimum absolute atomic E-state index is 0.450. The van der Waals surface area contributed by atoms with Crippen LogP contribution in [0.5, 0.6) is 0 Å². The Balaban J connectivity index is 4.46. The fourth-order valence-corrected chi connectivity index (χ4v) is 1.37. The van der Waals surface area contributed by atoms with Crippen molar-refractivity contribution in [3.05, 3.63) is 0 Å². The van der Waals surface area contributed by atoms with E-state index in [2.05, 4.69) is 5.32 Å². The summed E-state index contributed by atoms with van der Waals surface area (Å²) >= 11 is 0. The fraction of sp³-hybridized carbons (Fsp3) is 0.727. The topological polar surface area (TPSA) is 107 Å². The molecule has 1 atom stereocenters. The van der Waals surface area contributed by atoms with Gasteiger partial charge in [-0.25, -0.2) is 9.59 Å². The number of hydrogen-bond acceptors (Lipinski definition) is 3. The highest BCUT2D eigenvalue weighted by atomic mass is 16.4. The van der Waals surface area contributed by atoms with Gasteiger partial charge in [0.25, 0.3) is 0 Å². The minimum atomic E-state index is -1.40. The summed E-state index contributed by atoms with van der Waals surface area (Å²) in [5.41, 5.74) is 0. The van der Waals surface area contributed by atoms with Gasteiger partial charge < -0.3 is 20.4 Å². The van der Waals surface area contributed by atoms with Gasteiger partial charge in [-0.1, -0.05) is 13.3 Å². The van der Waals surface area contributed by atoms with Crippen molar-refractivity contribution in [3.63, 3.8) is 0 Å². The number of nitrogens with one attached hydrogen (secondary N) is 1. The zero-order valence-electron chi connectivity index (χ0n) is 10.7. The second-order valence-electron chi connectivity index (χ2n) is 3.87. The van der Waals surface area contributed by atoms with E-state index in [1.807, 2.05) is 6.92 Å². The zero-order chi connectivity index (χ0) is 14.1. The van der Waals surface area contributed by atoms with Crippen LogP contribution < -0.4 is 5.32 Å². The van der Waals surface area contributed by atoms with Crippen molar-refractivity contribution in [2.45, 2.75) is 39.2 Å². The maximum absolute atomic E-state index is 11.7. The molecule has 0 radical (unpaired) electrons. The number of amides is 2. The van der Waals surface area contributed by atoms with Gasteiger partial charge in [0.1, 0.15) is 6.04 Å². The number of aliphatic carboxylic acids is 2. The normalized spacial score (nSPS) is 11.7. The van der Waals surface area contributed by atoms with E-state index in [0.717, 1.165) is 12.8 Å². The summed E-state index contributed by atoms with van der Waals surface area (Å²) in [5, 5.41) is 19.6. The molecule has 0 heterocycles. The van der Waals surface area contributed by atoms with Crippen LogP contribution >= 0.6 is 0 Å². The number of urea groups is 1. The van der Waals surface area contributed by atoms with Gasteiger partial charge >= 0.3 is 18.0 Å². The van der Waals surface area contributed by atoms with Crippen molar-refractivity contribution in [1.29, 1.82) is 0 Å². The van der Waals surface area contributed by atoms with Crippen LogP contribution in [0.1, 0.15) is 33.1 Å². The van der Waals surface area contributed by atoms with Crippen molar-refractivity contribution in [1.82, 2.24) is 10.2 Å². The Morgan fingerprint density at radius 2 is 1.83 bits per heavy atom. The first-order valence-corrected chi connectivity index (χ1v) is 5.92. The molecule has 0 aromatic rings. The van der Waals surface area contributed by atoms with Crippen LogP contribution in [0.25, 0.3) is 0 Å². The number of carboxylic acids is 2. The average molecular weight is 260 g/mol. The SMILES string of the molecule is CCCCN(CC)C(=O)N[C@H](CC(=O)O)C(=O)O. The Labute approximate surface area is 106 Å². The summed E-state index contributed by atoms with van der Waals surface area (Å²) in [5.74, 6) is -2.61. The number of nitrogens with zero attached hydrogens (tertiary/aromatic N) is 1. The van der Waals surface area contributed by atoms with Gasteiger partial charge in [-0.15, -0.1) is 0 Å². The van der Waals surface area contributed by atoms with Gasteiger partial charge in [0, 0.05) is 13.1 Å². The maximum atomic E-state index is 11.7. The Kier molecular flexibility index (Phi) is 7.50. The smallest absolute Gasteiger partial charge is 0.326 e. The summed E-state index contributed by atoms with van der Waals surface area (Å²) in [6.07, 6.45) is 1.10.